The van der Waals surface area contributed by atoms with E-state index in [1.54, 1.807) is 0 Å². The van der Waals surface area contributed by atoms with Gasteiger partial charge in [0.2, 0.25) is 0 Å². The molecule has 1 atom stereocenters. The van der Waals surface area contributed by atoms with Crippen LogP contribution < -0.4 is 0 Å². The number of allylic oxidation sites excluding steroid dienone is 4. The highest BCUT2D eigenvalue weighted by Crippen LogP contribution is 2.43. The molecule has 68 valence electrons. The second kappa shape index (κ2) is 2.80. The van der Waals surface area contributed by atoms with Crippen LogP contribution in [0.5, 0.6) is 0 Å². The van der Waals surface area contributed by atoms with E-state index < -0.39 is 11.6 Å². The van der Waals surface area contributed by atoms with Crippen molar-refractivity contribution in [1.29, 1.82) is 0 Å². The molecule has 12 heavy (non-hydrogen) atoms. The first-order chi connectivity index (χ1) is 5.35. The topological polar surface area (TPSA) is 0 Å². The van der Waals surface area contributed by atoms with Gasteiger partial charge in [-0.3, -0.25) is 0 Å². The first-order valence-corrected chi connectivity index (χ1v) is 3.85. The van der Waals surface area contributed by atoms with Crippen molar-refractivity contribution in [3.63, 3.8) is 0 Å². The van der Waals surface area contributed by atoms with E-state index in [-0.39, 0.29) is 5.03 Å². The van der Waals surface area contributed by atoms with Crippen molar-refractivity contribution < 1.29 is 13.2 Å². The van der Waals surface area contributed by atoms with Gasteiger partial charge in [-0.25, -0.2) is 0 Å². The van der Waals surface area contributed by atoms with E-state index in [0.717, 1.165) is 19.1 Å². The fourth-order valence-corrected chi connectivity index (χ4v) is 1.34. The van der Waals surface area contributed by atoms with Crippen LogP contribution in [0.2, 0.25) is 0 Å². The maximum atomic E-state index is 12.3. The van der Waals surface area contributed by atoms with Crippen molar-refractivity contribution >= 4 is 11.6 Å². The number of hydrogen-bond acceptors (Lipinski definition) is 0. The third kappa shape index (κ3) is 1.66. The Kier molecular flexibility index (Phi) is 2.25. The molecule has 1 unspecified atom stereocenters. The maximum absolute atomic E-state index is 12.3. The summed E-state index contributed by atoms with van der Waals surface area (Å²) in [7, 11) is 0. The molecule has 0 saturated carbocycles. The monoisotopic (exact) mass is 196 g/mol. The number of hydrogen-bond donors (Lipinski definition) is 0. The van der Waals surface area contributed by atoms with E-state index in [9.17, 15) is 13.2 Å². The van der Waals surface area contributed by atoms with Crippen LogP contribution in [0.25, 0.3) is 0 Å². The molecule has 1 rings (SSSR count). The predicted octanol–water partition coefficient (Wildman–Crippen LogP) is 3.64. The van der Waals surface area contributed by atoms with Crippen LogP contribution in [0.1, 0.15) is 13.3 Å². The first kappa shape index (κ1) is 9.65. The summed E-state index contributed by atoms with van der Waals surface area (Å²) in [6, 6.07) is 0. The molecule has 0 aromatic rings. The van der Waals surface area contributed by atoms with Crippen LogP contribution in [0.15, 0.2) is 23.3 Å². The zero-order valence-corrected chi connectivity index (χ0v) is 7.21. The first-order valence-electron chi connectivity index (χ1n) is 3.47. The second-order valence-electron chi connectivity index (χ2n) is 2.98. The molecular formula is C8H8ClF3. The van der Waals surface area contributed by atoms with E-state index in [1.165, 1.54) is 6.08 Å². The summed E-state index contributed by atoms with van der Waals surface area (Å²) in [4.78, 5) is 0. The molecule has 0 saturated heterocycles. The van der Waals surface area contributed by atoms with Gasteiger partial charge in [-0.15, -0.1) is 0 Å². The van der Waals surface area contributed by atoms with Gasteiger partial charge < -0.3 is 0 Å². The standard InChI is InChI=1S/C8H8ClF3/c1-7(8(10,11)12)4-2-3-6(9)5-7/h2,4-5H,3H2,1H3. The quantitative estimate of drug-likeness (QED) is 0.519. The Hall–Kier alpha value is -0.440. The van der Waals surface area contributed by atoms with Gasteiger partial charge in [-0.1, -0.05) is 29.8 Å². The normalized spacial score (nSPS) is 30.2. The molecule has 0 radical (unpaired) electrons. The average Bonchev–Trinajstić information content (AvgIpc) is 1.83. The van der Waals surface area contributed by atoms with Crippen molar-refractivity contribution in [3.8, 4) is 0 Å². The van der Waals surface area contributed by atoms with Gasteiger partial charge in [-0.05, 0) is 6.92 Å². The Morgan fingerprint density at radius 3 is 2.42 bits per heavy atom. The van der Waals surface area contributed by atoms with Crippen molar-refractivity contribution in [1.82, 2.24) is 0 Å². The summed E-state index contributed by atoms with van der Waals surface area (Å²) < 4.78 is 37.0. The Balaban J connectivity index is 2.99. The molecule has 0 aromatic carbocycles. The van der Waals surface area contributed by atoms with Gasteiger partial charge in [0.05, 0.1) is 0 Å². The minimum Gasteiger partial charge on any atom is -0.170 e. The van der Waals surface area contributed by atoms with Crippen molar-refractivity contribution in [2.75, 3.05) is 0 Å². The van der Waals surface area contributed by atoms with Crippen LogP contribution in [0.4, 0.5) is 13.2 Å². The highest BCUT2D eigenvalue weighted by molar-refractivity contribution is 6.29. The lowest BCUT2D eigenvalue weighted by molar-refractivity contribution is -0.183. The molecule has 0 N–H and O–H groups in total. The van der Waals surface area contributed by atoms with Gasteiger partial charge in [0, 0.05) is 11.5 Å². The molecule has 4 heteroatoms. The van der Waals surface area contributed by atoms with E-state index in [4.69, 9.17) is 11.6 Å². The second-order valence-corrected chi connectivity index (χ2v) is 3.46. The minimum atomic E-state index is -4.26. The van der Waals surface area contributed by atoms with Gasteiger partial charge in [0.25, 0.3) is 0 Å². The fraction of sp³-hybridized carbons (Fsp3) is 0.500. The van der Waals surface area contributed by atoms with Crippen molar-refractivity contribution in [2.24, 2.45) is 5.41 Å². The Labute approximate surface area is 73.7 Å². The third-order valence-electron chi connectivity index (χ3n) is 1.84. The number of rotatable bonds is 0. The SMILES string of the molecule is CC1(C(F)(F)F)C=CCC(Cl)=C1. The smallest absolute Gasteiger partial charge is 0.170 e. The van der Waals surface area contributed by atoms with E-state index in [2.05, 4.69) is 0 Å². The van der Waals surface area contributed by atoms with E-state index in [1.807, 2.05) is 0 Å². The molecular weight excluding hydrogens is 189 g/mol. The molecule has 0 nitrogen and oxygen atoms in total. The molecule has 0 amide bonds. The lowest BCUT2D eigenvalue weighted by Gasteiger charge is -2.27. The molecule has 0 spiro atoms. The molecule has 0 bridgehead atoms. The van der Waals surface area contributed by atoms with Gasteiger partial charge in [0.15, 0.2) is 0 Å². The van der Waals surface area contributed by atoms with Gasteiger partial charge in [0.1, 0.15) is 5.41 Å². The molecule has 0 fully saturated rings. The fourth-order valence-electron chi connectivity index (χ4n) is 1.03. The predicted molar refractivity (Wildman–Crippen MR) is 41.9 cm³/mol. The summed E-state index contributed by atoms with van der Waals surface area (Å²) in [6.45, 7) is 1.10. The number of alkyl halides is 3. The Bertz CT molecular complexity index is 239. The molecule has 0 aromatic heterocycles. The van der Waals surface area contributed by atoms with Gasteiger partial charge >= 0.3 is 6.18 Å². The average molecular weight is 197 g/mol. The lowest BCUT2D eigenvalue weighted by atomic mass is 9.86. The van der Waals surface area contributed by atoms with Crippen molar-refractivity contribution in [3.05, 3.63) is 23.3 Å². The van der Waals surface area contributed by atoms with Crippen LogP contribution in [-0.4, -0.2) is 6.18 Å². The number of halogens is 4. The highest BCUT2D eigenvalue weighted by Gasteiger charge is 2.48. The van der Waals surface area contributed by atoms with Gasteiger partial charge in [-0.2, -0.15) is 13.2 Å². The molecule has 1 aliphatic rings. The van der Waals surface area contributed by atoms with E-state index in [0.29, 0.717) is 6.42 Å². The summed E-state index contributed by atoms with van der Waals surface area (Å²) in [5.41, 5.74) is -1.89. The molecule has 0 heterocycles. The van der Waals surface area contributed by atoms with Crippen LogP contribution in [0, 0.1) is 5.41 Å². The lowest BCUT2D eigenvalue weighted by Crippen LogP contribution is -2.32. The van der Waals surface area contributed by atoms with Crippen molar-refractivity contribution in [2.45, 2.75) is 19.5 Å². The van der Waals surface area contributed by atoms with Crippen LogP contribution in [-0.2, 0) is 0 Å². The highest BCUT2D eigenvalue weighted by atomic mass is 35.5. The third-order valence-corrected chi connectivity index (χ3v) is 2.11. The van der Waals surface area contributed by atoms with E-state index >= 15 is 0 Å². The zero-order chi connectivity index (χ0) is 9.41. The largest absolute Gasteiger partial charge is 0.400 e. The zero-order valence-electron chi connectivity index (χ0n) is 6.45. The van der Waals surface area contributed by atoms with Crippen LogP contribution in [0.3, 0.4) is 0 Å². The summed E-state index contributed by atoms with van der Waals surface area (Å²) in [6.07, 6.45) is -0.236. The Morgan fingerprint density at radius 2 is 2.08 bits per heavy atom. The summed E-state index contributed by atoms with van der Waals surface area (Å²) in [5, 5.41) is 0.248. The molecule has 1 aliphatic carbocycles. The maximum Gasteiger partial charge on any atom is 0.400 e. The van der Waals surface area contributed by atoms with Crippen LogP contribution >= 0.6 is 11.6 Å². The Morgan fingerprint density at radius 1 is 1.50 bits per heavy atom. The molecule has 0 aliphatic heterocycles. The summed E-state index contributed by atoms with van der Waals surface area (Å²) in [5.74, 6) is 0. The minimum absolute atomic E-state index is 0.248. The summed E-state index contributed by atoms with van der Waals surface area (Å²) >= 11 is 5.52.